The Labute approximate surface area is 326 Å². The average molecular weight is 714 g/mol. The minimum atomic E-state index is -0.539. The molecule has 2 aromatic heterocycles. The van der Waals surface area contributed by atoms with E-state index in [0.717, 1.165) is 66.7 Å². The molecule has 0 amide bonds. The summed E-state index contributed by atoms with van der Waals surface area (Å²) in [7, 11) is 0. The molecule has 1 aliphatic carbocycles. The van der Waals surface area contributed by atoms with Crippen LogP contribution in [0, 0.1) is 0 Å². The van der Waals surface area contributed by atoms with E-state index in [-0.39, 0.29) is 0 Å². The maximum Gasteiger partial charge on any atom is 0.135 e. The van der Waals surface area contributed by atoms with Gasteiger partial charge in [-0.3, -0.25) is 0 Å². The fourth-order valence-corrected chi connectivity index (χ4v) is 9.05. The Balaban J connectivity index is 1.27. The lowest BCUT2D eigenvalue weighted by Gasteiger charge is -2.34. The van der Waals surface area contributed by atoms with Crippen molar-refractivity contribution in [1.29, 1.82) is 0 Å². The molecule has 262 valence electrons. The Morgan fingerprint density at radius 2 is 0.911 bits per heavy atom. The minimum Gasteiger partial charge on any atom is -0.456 e. The Bertz CT molecular complexity index is 2960. The van der Waals surface area contributed by atoms with Gasteiger partial charge in [-0.05, 0) is 98.1 Å². The predicted molar refractivity (Wildman–Crippen MR) is 231 cm³/mol. The van der Waals surface area contributed by atoms with Crippen LogP contribution in [-0.4, -0.2) is 4.98 Å². The predicted octanol–water partition coefficient (Wildman–Crippen LogP) is 14.0. The molecule has 0 bridgehead atoms. The van der Waals surface area contributed by atoms with Crippen molar-refractivity contribution < 1.29 is 4.42 Å². The van der Waals surface area contributed by atoms with Crippen LogP contribution in [0.2, 0.25) is 0 Å². The molecule has 0 fully saturated rings. The number of nitrogens with zero attached hydrogens (tertiary/aromatic N) is 1. The lowest BCUT2D eigenvalue weighted by atomic mass is 9.67. The van der Waals surface area contributed by atoms with Gasteiger partial charge in [0.1, 0.15) is 11.2 Å². The molecular weight excluding hydrogens is 679 g/mol. The van der Waals surface area contributed by atoms with Crippen LogP contribution in [0.25, 0.3) is 77.8 Å². The first-order chi connectivity index (χ1) is 27.8. The summed E-state index contributed by atoms with van der Waals surface area (Å²) < 4.78 is 6.34. The number of hydrogen-bond donors (Lipinski definition) is 0. The third-order valence-corrected chi connectivity index (χ3v) is 11.6. The fraction of sp³-hybridized carbons (Fsp3) is 0.0185. The first-order valence-corrected chi connectivity index (χ1v) is 19.2. The number of hydrogen-bond acceptors (Lipinski definition) is 2. The van der Waals surface area contributed by atoms with E-state index >= 15 is 0 Å². The number of aromatic nitrogens is 1. The van der Waals surface area contributed by atoms with Gasteiger partial charge < -0.3 is 4.42 Å². The van der Waals surface area contributed by atoms with Gasteiger partial charge in [0.25, 0.3) is 0 Å². The van der Waals surface area contributed by atoms with Gasteiger partial charge in [-0.25, -0.2) is 4.98 Å². The topological polar surface area (TPSA) is 26.0 Å². The van der Waals surface area contributed by atoms with Crippen molar-refractivity contribution in [1.82, 2.24) is 4.98 Å². The second-order valence-electron chi connectivity index (χ2n) is 14.6. The molecule has 0 unspecified atom stereocenters. The van der Waals surface area contributed by atoms with E-state index in [1.807, 2.05) is 12.1 Å². The summed E-state index contributed by atoms with van der Waals surface area (Å²) in [5.74, 6) is 0. The van der Waals surface area contributed by atoms with Crippen molar-refractivity contribution in [2.45, 2.75) is 5.41 Å². The third kappa shape index (κ3) is 5.00. The van der Waals surface area contributed by atoms with Gasteiger partial charge in [0, 0.05) is 21.9 Å². The zero-order valence-corrected chi connectivity index (χ0v) is 30.6. The zero-order chi connectivity index (χ0) is 37.1. The molecule has 2 nitrogen and oxygen atoms in total. The normalized spacial score (nSPS) is 12.8. The lowest BCUT2D eigenvalue weighted by Crippen LogP contribution is -2.28. The van der Waals surface area contributed by atoms with Crippen molar-refractivity contribution in [3.05, 3.63) is 235 Å². The van der Waals surface area contributed by atoms with Crippen LogP contribution in [0.4, 0.5) is 0 Å². The summed E-state index contributed by atoms with van der Waals surface area (Å²) in [5.41, 5.74) is 17.2. The van der Waals surface area contributed by atoms with E-state index in [0.29, 0.717) is 0 Å². The van der Waals surface area contributed by atoms with Crippen LogP contribution in [0.1, 0.15) is 22.3 Å². The second-order valence-corrected chi connectivity index (χ2v) is 14.6. The van der Waals surface area contributed by atoms with E-state index in [2.05, 4.69) is 200 Å². The smallest absolute Gasteiger partial charge is 0.135 e. The molecule has 0 atom stereocenters. The Morgan fingerprint density at radius 3 is 1.64 bits per heavy atom. The molecule has 0 radical (unpaired) electrons. The molecule has 0 N–H and O–H groups in total. The highest BCUT2D eigenvalue weighted by molar-refractivity contribution is 6.07. The fourth-order valence-electron chi connectivity index (χ4n) is 9.05. The Hall–Kier alpha value is -7.29. The maximum atomic E-state index is 6.34. The van der Waals surface area contributed by atoms with E-state index in [9.17, 15) is 0 Å². The molecule has 0 aliphatic heterocycles. The molecule has 10 aromatic rings. The summed E-state index contributed by atoms with van der Waals surface area (Å²) >= 11 is 0. The van der Waals surface area contributed by atoms with Gasteiger partial charge >= 0.3 is 0 Å². The molecule has 1 aliphatic rings. The molecule has 2 heteroatoms. The van der Waals surface area contributed by atoms with E-state index in [1.54, 1.807) is 0 Å². The highest BCUT2D eigenvalue weighted by Crippen LogP contribution is 2.58. The van der Waals surface area contributed by atoms with Crippen molar-refractivity contribution >= 4 is 21.9 Å². The zero-order valence-electron chi connectivity index (χ0n) is 30.6. The number of pyridine rings is 1. The van der Waals surface area contributed by atoms with Crippen LogP contribution in [0.15, 0.2) is 217 Å². The summed E-state index contributed by atoms with van der Waals surface area (Å²) in [4.78, 5) is 5.50. The molecule has 0 saturated heterocycles. The first-order valence-electron chi connectivity index (χ1n) is 19.2. The van der Waals surface area contributed by atoms with Crippen LogP contribution < -0.4 is 0 Å². The highest BCUT2D eigenvalue weighted by Gasteiger charge is 2.46. The lowest BCUT2D eigenvalue weighted by molar-refractivity contribution is 0.669. The Morgan fingerprint density at radius 1 is 0.321 bits per heavy atom. The molecular formula is C54H35NO. The number of furan rings is 1. The first kappa shape index (κ1) is 32.2. The monoisotopic (exact) mass is 713 g/mol. The molecule has 11 rings (SSSR count). The van der Waals surface area contributed by atoms with E-state index in [4.69, 9.17) is 9.40 Å². The highest BCUT2D eigenvalue weighted by atomic mass is 16.3. The maximum absolute atomic E-state index is 6.34. The molecule has 8 aromatic carbocycles. The summed E-state index contributed by atoms with van der Waals surface area (Å²) in [5, 5.41) is 2.21. The van der Waals surface area contributed by atoms with Crippen LogP contribution in [0.5, 0.6) is 0 Å². The number of para-hydroxylation sites is 1. The van der Waals surface area contributed by atoms with Crippen molar-refractivity contribution in [2.75, 3.05) is 0 Å². The van der Waals surface area contributed by atoms with E-state index in [1.165, 1.54) is 33.4 Å². The molecule has 2 heterocycles. The standard InChI is InChI=1S/C54H35NO/c1-5-17-36(18-6-1)39-32-50(37-19-7-2-8-20-37)55-51(33-39)46-34-45-42-25-13-15-27-48(42)54(40-21-9-3-10-22-40,41-23-11-4-12-24-41)49(45)35-44(46)38-29-30-53-47(31-38)43-26-14-16-28-52(43)56-53/h1-35H. The molecule has 56 heavy (non-hydrogen) atoms. The number of fused-ring (bicyclic) bond motifs is 6. The minimum absolute atomic E-state index is 0.539. The van der Waals surface area contributed by atoms with Gasteiger partial charge in [-0.2, -0.15) is 0 Å². The van der Waals surface area contributed by atoms with E-state index < -0.39 is 5.41 Å². The third-order valence-electron chi connectivity index (χ3n) is 11.6. The summed E-state index contributed by atoms with van der Waals surface area (Å²) in [6.07, 6.45) is 0. The number of rotatable bonds is 6. The average Bonchev–Trinajstić information content (AvgIpc) is 3.80. The Kier molecular flexibility index (Phi) is 7.43. The van der Waals surface area contributed by atoms with Gasteiger partial charge in [-0.15, -0.1) is 0 Å². The number of benzene rings is 8. The van der Waals surface area contributed by atoms with Crippen LogP contribution in [0.3, 0.4) is 0 Å². The summed E-state index contributed by atoms with van der Waals surface area (Å²) in [6, 6.07) is 76.5. The van der Waals surface area contributed by atoms with Crippen LogP contribution in [-0.2, 0) is 5.41 Å². The summed E-state index contributed by atoms with van der Waals surface area (Å²) in [6.45, 7) is 0. The quantitative estimate of drug-likeness (QED) is 0.171. The SMILES string of the molecule is c1ccc(-c2cc(-c3ccccc3)nc(-c3cc4c(cc3-c3ccc5oc6ccccc6c5c3)C(c3ccccc3)(c3ccccc3)c3ccccc3-4)c2)cc1. The van der Waals surface area contributed by atoms with Gasteiger partial charge in [0.15, 0.2) is 0 Å². The molecule has 0 saturated carbocycles. The van der Waals surface area contributed by atoms with Gasteiger partial charge in [0.2, 0.25) is 0 Å². The second kappa shape index (κ2) is 12.9. The van der Waals surface area contributed by atoms with Gasteiger partial charge in [0.05, 0.1) is 16.8 Å². The van der Waals surface area contributed by atoms with Crippen molar-refractivity contribution in [3.8, 4) is 55.9 Å². The van der Waals surface area contributed by atoms with Crippen molar-refractivity contribution in [3.63, 3.8) is 0 Å². The largest absolute Gasteiger partial charge is 0.456 e. The molecule has 0 spiro atoms. The van der Waals surface area contributed by atoms with Gasteiger partial charge in [-0.1, -0.05) is 170 Å². The van der Waals surface area contributed by atoms with Crippen molar-refractivity contribution in [2.24, 2.45) is 0 Å². The van der Waals surface area contributed by atoms with Crippen LogP contribution >= 0.6 is 0 Å².